The van der Waals surface area contributed by atoms with E-state index < -0.39 is 23.7 Å². The van der Waals surface area contributed by atoms with Crippen molar-refractivity contribution in [2.45, 2.75) is 31.5 Å². The van der Waals surface area contributed by atoms with E-state index in [1.807, 2.05) is 35.3 Å². The van der Waals surface area contributed by atoms with Gasteiger partial charge in [0.25, 0.3) is 0 Å². The topological polar surface area (TPSA) is 57.9 Å². The number of rotatable bonds is 5. The molecule has 5 rings (SSSR count). The van der Waals surface area contributed by atoms with Crippen LogP contribution >= 0.6 is 11.6 Å². The van der Waals surface area contributed by atoms with Crippen LogP contribution in [0.5, 0.6) is 5.75 Å². The van der Waals surface area contributed by atoms with Crippen molar-refractivity contribution in [2.75, 3.05) is 26.0 Å². The van der Waals surface area contributed by atoms with Crippen LogP contribution in [-0.4, -0.2) is 52.4 Å². The van der Waals surface area contributed by atoms with Crippen LogP contribution in [0.4, 0.5) is 18.9 Å². The van der Waals surface area contributed by atoms with Gasteiger partial charge in [-0.15, -0.1) is 0 Å². The maximum Gasteiger partial charge on any atom is 0.194 e. The van der Waals surface area contributed by atoms with Crippen molar-refractivity contribution >= 4 is 23.1 Å². The van der Waals surface area contributed by atoms with E-state index in [1.54, 1.807) is 24.2 Å². The summed E-state index contributed by atoms with van der Waals surface area (Å²) < 4.78 is 48.9. The van der Waals surface area contributed by atoms with E-state index in [0.717, 1.165) is 42.9 Å². The molecule has 2 aliphatic rings. The fourth-order valence-corrected chi connectivity index (χ4v) is 4.78. The Morgan fingerprint density at radius 2 is 1.89 bits per heavy atom. The SMILES string of the molecule is COc1cc(NC2N=C3[C@@H](c4cc(F)c(F)c(F)c4)CCCCN3N2C)ccc1-n1cnc(Cl)c1. The average molecular weight is 505 g/mol. The van der Waals surface area contributed by atoms with Crippen LogP contribution in [0, 0.1) is 17.5 Å². The lowest BCUT2D eigenvalue weighted by atomic mass is 9.93. The molecule has 35 heavy (non-hydrogen) atoms. The molecule has 3 heterocycles. The number of imidazole rings is 1. The lowest BCUT2D eigenvalue weighted by Gasteiger charge is -2.31. The highest BCUT2D eigenvalue weighted by Crippen LogP contribution is 2.35. The van der Waals surface area contributed by atoms with Gasteiger partial charge in [-0.05, 0) is 42.7 Å². The highest BCUT2D eigenvalue weighted by atomic mass is 35.5. The maximum absolute atomic E-state index is 14.0. The number of fused-ring (bicyclic) bond motifs is 1. The fraction of sp³-hybridized carbons (Fsp3) is 0.333. The molecule has 11 heteroatoms. The first-order valence-electron chi connectivity index (χ1n) is 11.2. The van der Waals surface area contributed by atoms with Gasteiger partial charge in [-0.3, -0.25) is 5.01 Å². The zero-order chi connectivity index (χ0) is 24.7. The van der Waals surface area contributed by atoms with Gasteiger partial charge < -0.3 is 14.6 Å². The molecule has 1 N–H and O–H groups in total. The predicted molar refractivity (Wildman–Crippen MR) is 127 cm³/mol. The van der Waals surface area contributed by atoms with Gasteiger partial charge in [0, 0.05) is 37.5 Å². The fourth-order valence-electron chi connectivity index (χ4n) is 4.63. The number of nitrogens with one attached hydrogen (secondary N) is 1. The summed E-state index contributed by atoms with van der Waals surface area (Å²) in [4.78, 5) is 8.91. The van der Waals surface area contributed by atoms with Gasteiger partial charge in [0.05, 0.1) is 12.8 Å². The van der Waals surface area contributed by atoms with Crippen molar-refractivity contribution in [1.29, 1.82) is 0 Å². The second kappa shape index (κ2) is 9.43. The van der Waals surface area contributed by atoms with E-state index in [9.17, 15) is 13.2 Å². The first kappa shape index (κ1) is 23.5. The summed E-state index contributed by atoms with van der Waals surface area (Å²) >= 11 is 5.95. The van der Waals surface area contributed by atoms with E-state index in [4.69, 9.17) is 21.3 Å². The van der Waals surface area contributed by atoms with Gasteiger partial charge in [-0.2, -0.15) is 5.01 Å². The number of benzene rings is 2. The summed E-state index contributed by atoms with van der Waals surface area (Å²) in [5.41, 5.74) is 1.93. The molecule has 0 amide bonds. The molecule has 1 fully saturated rings. The molecule has 0 aliphatic carbocycles. The first-order valence-corrected chi connectivity index (χ1v) is 11.6. The van der Waals surface area contributed by atoms with Gasteiger partial charge in [0.2, 0.25) is 0 Å². The standard InChI is InChI=1S/C24H24ClF3N6O/c1-32-24(30-15-6-7-19(20(11-15)35-2)33-12-21(25)29-13-33)31-23-16(5-3-4-8-34(23)32)14-9-17(26)22(28)18(27)10-14/h6-7,9-13,16,24,30H,3-5,8H2,1-2H3/t16-,24?/m1/s1. The van der Waals surface area contributed by atoms with E-state index in [0.29, 0.717) is 28.7 Å². The zero-order valence-corrected chi connectivity index (χ0v) is 19.9. The summed E-state index contributed by atoms with van der Waals surface area (Å²) in [6, 6.07) is 7.77. The molecule has 1 unspecified atom stereocenters. The Hall–Kier alpha value is -3.24. The van der Waals surface area contributed by atoms with Crippen molar-refractivity contribution < 1.29 is 17.9 Å². The van der Waals surface area contributed by atoms with E-state index in [2.05, 4.69) is 10.3 Å². The average Bonchev–Trinajstić information content (AvgIpc) is 3.32. The highest BCUT2D eigenvalue weighted by molar-refractivity contribution is 6.29. The van der Waals surface area contributed by atoms with E-state index in [-0.39, 0.29) is 5.92 Å². The highest BCUT2D eigenvalue weighted by Gasteiger charge is 2.37. The summed E-state index contributed by atoms with van der Waals surface area (Å²) in [7, 11) is 3.49. The zero-order valence-electron chi connectivity index (χ0n) is 19.2. The number of aliphatic imine (C=N–C) groups is 1. The molecule has 0 spiro atoms. The molecule has 0 radical (unpaired) electrons. The van der Waals surface area contributed by atoms with Crippen molar-refractivity contribution in [3.8, 4) is 11.4 Å². The predicted octanol–water partition coefficient (Wildman–Crippen LogP) is 5.18. The maximum atomic E-state index is 14.0. The van der Waals surface area contributed by atoms with Crippen LogP contribution < -0.4 is 10.1 Å². The normalized spacial score (nSPS) is 20.4. The molecule has 0 saturated carbocycles. The number of ether oxygens (including phenoxy) is 1. The minimum absolute atomic E-state index is 0.348. The summed E-state index contributed by atoms with van der Waals surface area (Å²) in [6.07, 6.45) is 5.27. The number of anilines is 1. The minimum atomic E-state index is -1.46. The molecule has 2 aliphatic heterocycles. The monoisotopic (exact) mass is 504 g/mol. The van der Waals surface area contributed by atoms with Gasteiger partial charge in [-0.25, -0.2) is 23.1 Å². The van der Waals surface area contributed by atoms with Crippen LogP contribution in [0.1, 0.15) is 30.7 Å². The third-order valence-electron chi connectivity index (χ3n) is 6.39. The number of aromatic nitrogens is 2. The Labute approximate surface area is 205 Å². The molecule has 1 aromatic heterocycles. The van der Waals surface area contributed by atoms with Gasteiger partial charge in [-0.1, -0.05) is 18.0 Å². The van der Waals surface area contributed by atoms with Crippen molar-refractivity contribution in [3.63, 3.8) is 0 Å². The van der Waals surface area contributed by atoms with Crippen molar-refractivity contribution in [1.82, 2.24) is 19.6 Å². The van der Waals surface area contributed by atoms with Crippen LogP contribution in [-0.2, 0) is 0 Å². The molecule has 2 aromatic carbocycles. The number of amidine groups is 1. The minimum Gasteiger partial charge on any atom is -0.494 e. The summed E-state index contributed by atoms with van der Waals surface area (Å²) in [5.74, 6) is -2.88. The number of halogens is 4. The second-order valence-corrected chi connectivity index (χ2v) is 8.93. The summed E-state index contributed by atoms with van der Waals surface area (Å²) in [6.45, 7) is 0.722. The smallest absolute Gasteiger partial charge is 0.194 e. The third kappa shape index (κ3) is 4.43. The largest absolute Gasteiger partial charge is 0.494 e. The van der Waals surface area contributed by atoms with Crippen LogP contribution in [0.2, 0.25) is 5.15 Å². The second-order valence-electron chi connectivity index (χ2n) is 8.54. The Bertz CT molecular complexity index is 1260. The van der Waals surface area contributed by atoms with Crippen molar-refractivity contribution in [3.05, 3.63) is 71.0 Å². The lowest BCUT2D eigenvalue weighted by molar-refractivity contribution is 0.0678. The molecule has 3 aromatic rings. The number of nitrogens with zero attached hydrogens (tertiary/aromatic N) is 5. The quantitative estimate of drug-likeness (QED) is 0.485. The number of hydrogen-bond acceptors (Lipinski definition) is 6. The number of hydrogen-bond donors (Lipinski definition) is 1. The van der Waals surface area contributed by atoms with Crippen LogP contribution in [0.3, 0.4) is 0 Å². The molecule has 2 atom stereocenters. The number of methoxy groups -OCH3 is 1. The van der Waals surface area contributed by atoms with Gasteiger partial charge in [0.1, 0.15) is 23.1 Å². The third-order valence-corrected chi connectivity index (χ3v) is 6.59. The Kier molecular flexibility index (Phi) is 6.33. The molecule has 184 valence electrons. The number of hydrazine groups is 1. The Morgan fingerprint density at radius 1 is 1.11 bits per heavy atom. The van der Waals surface area contributed by atoms with E-state index in [1.165, 1.54) is 0 Å². The van der Waals surface area contributed by atoms with Crippen LogP contribution in [0.15, 0.2) is 47.8 Å². The first-order chi connectivity index (χ1) is 16.9. The molecular formula is C24H24ClF3N6O. The summed E-state index contributed by atoms with van der Waals surface area (Å²) in [5, 5.41) is 7.74. The molecule has 1 saturated heterocycles. The Balaban J connectivity index is 1.44. The lowest BCUT2D eigenvalue weighted by Crippen LogP contribution is -2.45. The Morgan fingerprint density at radius 3 is 2.57 bits per heavy atom. The van der Waals surface area contributed by atoms with Gasteiger partial charge >= 0.3 is 0 Å². The van der Waals surface area contributed by atoms with Crippen molar-refractivity contribution in [2.24, 2.45) is 4.99 Å². The van der Waals surface area contributed by atoms with Crippen LogP contribution in [0.25, 0.3) is 5.69 Å². The molecule has 0 bridgehead atoms. The molecular weight excluding hydrogens is 481 g/mol. The van der Waals surface area contributed by atoms with E-state index >= 15 is 0 Å². The van der Waals surface area contributed by atoms with Gasteiger partial charge in [0.15, 0.2) is 23.7 Å². The molecule has 7 nitrogen and oxygen atoms in total.